The van der Waals surface area contributed by atoms with Gasteiger partial charge in [-0.3, -0.25) is 4.79 Å². The Hall–Kier alpha value is -2.29. The van der Waals surface area contributed by atoms with Crippen LogP contribution in [0.4, 0.5) is 5.69 Å². The number of para-hydroxylation sites is 1. The topological polar surface area (TPSA) is 32.3 Å². The second-order valence-corrected chi connectivity index (χ2v) is 6.43. The van der Waals surface area contributed by atoms with Crippen molar-refractivity contribution in [2.45, 2.75) is 32.7 Å². The highest BCUT2D eigenvalue weighted by Gasteiger charge is 2.20. The third kappa shape index (κ3) is 3.55. The van der Waals surface area contributed by atoms with Crippen LogP contribution in [0.25, 0.3) is 0 Å². The second-order valence-electron chi connectivity index (χ2n) is 6.43. The molecule has 0 spiro atoms. The summed E-state index contributed by atoms with van der Waals surface area (Å²) in [7, 11) is 0. The number of fused-ring (bicyclic) bond motifs is 1. The van der Waals surface area contributed by atoms with E-state index < -0.39 is 0 Å². The van der Waals surface area contributed by atoms with Crippen LogP contribution in [-0.4, -0.2) is 23.9 Å². The third-order valence-electron chi connectivity index (χ3n) is 4.50. The number of nitrogens with one attached hydrogen (secondary N) is 1. The number of carbonyl (C=O) groups is 1. The van der Waals surface area contributed by atoms with Crippen molar-refractivity contribution in [3.8, 4) is 0 Å². The summed E-state index contributed by atoms with van der Waals surface area (Å²) in [6, 6.07) is 16.6. The predicted molar refractivity (Wildman–Crippen MR) is 94.6 cm³/mol. The van der Waals surface area contributed by atoms with Crippen LogP contribution in [0.5, 0.6) is 0 Å². The van der Waals surface area contributed by atoms with E-state index in [2.05, 4.69) is 43.4 Å². The molecule has 0 unspecified atom stereocenters. The fourth-order valence-electron chi connectivity index (χ4n) is 3.15. The monoisotopic (exact) mass is 308 g/mol. The van der Waals surface area contributed by atoms with Gasteiger partial charge in [-0.25, -0.2) is 0 Å². The summed E-state index contributed by atoms with van der Waals surface area (Å²) >= 11 is 0. The first-order valence-corrected chi connectivity index (χ1v) is 8.32. The first-order chi connectivity index (χ1) is 11.1. The zero-order valence-corrected chi connectivity index (χ0v) is 13.9. The van der Waals surface area contributed by atoms with E-state index in [1.165, 1.54) is 16.7 Å². The lowest BCUT2D eigenvalue weighted by Gasteiger charge is -2.29. The molecule has 3 rings (SSSR count). The van der Waals surface area contributed by atoms with Gasteiger partial charge in [0.1, 0.15) is 0 Å². The van der Waals surface area contributed by atoms with Crippen molar-refractivity contribution in [3.63, 3.8) is 0 Å². The van der Waals surface area contributed by atoms with E-state index in [1.54, 1.807) is 0 Å². The molecule has 1 heterocycles. The summed E-state index contributed by atoms with van der Waals surface area (Å²) in [5, 5.41) is 3.32. The van der Waals surface area contributed by atoms with Crippen molar-refractivity contribution in [3.05, 3.63) is 65.2 Å². The van der Waals surface area contributed by atoms with Gasteiger partial charge in [0.25, 0.3) is 0 Å². The van der Waals surface area contributed by atoms with E-state index in [0.717, 1.165) is 25.2 Å². The molecule has 120 valence electrons. The Labute approximate surface area is 138 Å². The van der Waals surface area contributed by atoms with Crippen LogP contribution in [0.1, 0.15) is 36.5 Å². The third-order valence-corrected chi connectivity index (χ3v) is 4.50. The highest BCUT2D eigenvalue weighted by Crippen LogP contribution is 2.24. The maximum Gasteiger partial charge on any atom is 0.242 e. The van der Waals surface area contributed by atoms with Gasteiger partial charge in [-0.1, -0.05) is 56.3 Å². The Morgan fingerprint density at radius 3 is 2.57 bits per heavy atom. The average molecular weight is 308 g/mol. The molecular formula is C20H24N2O. The van der Waals surface area contributed by atoms with Gasteiger partial charge in [-0.05, 0) is 35.1 Å². The molecule has 1 amide bonds. The molecule has 1 N–H and O–H groups in total. The lowest BCUT2D eigenvalue weighted by atomic mass is 10.00. The Kier molecular flexibility index (Phi) is 4.65. The van der Waals surface area contributed by atoms with Crippen molar-refractivity contribution in [1.82, 2.24) is 4.90 Å². The molecule has 2 aromatic rings. The minimum absolute atomic E-state index is 0.165. The van der Waals surface area contributed by atoms with Crippen LogP contribution >= 0.6 is 0 Å². The Morgan fingerprint density at radius 2 is 1.78 bits per heavy atom. The lowest BCUT2D eigenvalue weighted by Crippen LogP contribution is -2.39. The molecule has 1 aliphatic rings. The molecule has 3 nitrogen and oxygen atoms in total. The first-order valence-electron chi connectivity index (χ1n) is 8.32. The van der Waals surface area contributed by atoms with E-state index >= 15 is 0 Å². The molecule has 2 aromatic carbocycles. The van der Waals surface area contributed by atoms with Crippen molar-refractivity contribution in [2.24, 2.45) is 0 Å². The summed E-state index contributed by atoms with van der Waals surface area (Å²) in [4.78, 5) is 14.5. The number of anilines is 1. The maximum atomic E-state index is 12.5. The molecule has 23 heavy (non-hydrogen) atoms. The largest absolute Gasteiger partial charge is 0.376 e. The van der Waals surface area contributed by atoms with Gasteiger partial charge in [0.2, 0.25) is 5.91 Å². The molecule has 3 heteroatoms. The molecule has 0 bridgehead atoms. The fourth-order valence-corrected chi connectivity index (χ4v) is 3.15. The zero-order valence-electron chi connectivity index (χ0n) is 13.9. The normalized spacial score (nSPS) is 13.8. The number of amides is 1. The van der Waals surface area contributed by atoms with Gasteiger partial charge in [0.05, 0.1) is 6.54 Å². The van der Waals surface area contributed by atoms with Crippen LogP contribution in [0.15, 0.2) is 48.5 Å². The summed E-state index contributed by atoms with van der Waals surface area (Å²) in [6.07, 6.45) is 0.949. The van der Waals surface area contributed by atoms with Crippen LogP contribution in [0, 0.1) is 0 Å². The van der Waals surface area contributed by atoms with Crippen LogP contribution in [0.2, 0.25) is 0 Å². The van der Waals surface area contributed by atoms with Gasteiger partial charge in [0.15, 0.2) is 0 Å². The smallest absolute Gasteiger partial charge is 0.242 e. The summed E-state index contributed by atoms with van der Waals surface area (Å²) in [6.45, 7) is 6.23. The summed E-state index contributed by atoms with van der Waals surface area (Å²) < 4.78 is 0. The molecular weight excluding hydrogens is 284 g/mol. The molecule has 0 aromatic heterocycles. The number of benzene rings is 2. The number of nitrogens with zero attached hydrogens (tertiary/aromatic N) is 1. The molecule has 1 aliphatic heterocycles. The van der Waals surface area contributed by atoms with Crippen LogP contribution < -0.4 is 5.32 Å². The Morgan fingerprint density at radius 1 is 1.09 bits per heavy atom. The van der Waals surface area contributed by atoms with Crippen molar-refractivity contribution in [2.75, 3.05) is 18.4 Å². The van der Waals surface area contributed by atoms with Gasteiger partial charge in [0, 0.05) is 18.8 Å². The Bertz CT molecular complexity index is 694. The molecule has 0 saturated carbocycles. The number of hydrogen-bond acceptors (Lipinski definition) is 2. The summed E-state index contributed by atoms with van der Waals surface area (Å²) in [5.41, 5.74) is 4.96. The molecule has 0 aliphatic carbocycles. The second kappa shape index (κ2) is 6.86. The molecule has 0 fully saturated rings. The minimum atomic E-state index is 0.165. The van der Waals surface area contributed by atoms with Crippen LogP contribution in [-0.2, 0) is 17.8 Å². The fraction of sp³-hybridized carbons (Fsp3) is 0.350. The predicted octanol–water partition coefficient (Wildman–Crippen LogP) is 3.81. The minimum Gasteiger partial charge on any atom is -0.376 e. The number of carbonyl (C=O) groups excluding carboxylic acids is 1. The van der Waals surface area contributed by atoms with Gasteiger partial charge in [-0.15, -0.1) is 0 Å². The van der Waals surface area contributed by atoms with E-state index in [4.69, 9.17) is 0 Å². The highest BCUT2D eigenvalue weighted by molar-refractivity contribution is 5.81. The number of hydrogen-bond donors (Lipinski definition) is 1. The van der Waals surface area contributed by atoms with Gasteiger partial charge < -0.3 is 10.2 Å². The summed E-state index contributed by atoms with van der Waals surface area (Å²) in [5.74, 6) is 0.605. The highest BCUT2D eigenvalue weighted by atomic mass is 16.2. The average Bonchev–Trinajstić information content (AvgIpc) is 2.59. The quantitative estimate of drug-likeness (QED) is 0.931. The SMILES string of the molecule is CC(C)c1ccccc1NCC(=O)N1CCc2ccccc2C1. The van der Waals surface area contributed by atoms with Crippen LogP contribution in [0.3, 0.4) is 0 Å². The Balaban J connectivity index is 1.63. The van der Waals surface area contributed by atoms with Crippen molar-refractivity contribution >= 4 is 11.6 Å². The molecule has 0 atom stereocenters. The van der Waals surface area contributed by atoms with E-state index in [-0.39, 0.29) is 5.91 Å². The van der Waals surface area contributed by atoms with Crippen molar-refractivity contribution in [1.29, 1.82) is 0 Å². The van der Waals surface area contributed by atoms with Gasteiger partial charge >= 0.3 is 0 Å². The molecule has 0 saturated heterocycles. The lowest BCUT2D eigenvalue weighted by molar-refractivity contribution is -0.130. The van der Waals surface area contributed by atoms with Crippen molar-refractivity contribution < 1.29 is 4.79 Å². The molecule has 0 radical (unpaired) electrons. The first kappa shape index (κ1) is 15.6. The van der Waals surface area contributed by atoms with Gasteiger partial charge in [-0.2, -0.15) is 0 Å². The maximum absolute atomic E-state index is 12.5. The van der Waals surface area contributed by atoms with E-state index in [1.807, 2.05) is 29.2 Å². The van der Waals surface area contributed by atoms with E-state index in [0.29, 0.717) is 12.5 Å². The standard InChI is InChI=1S/C20H24N2O/c1-15(2)18-9-5-6-10-19(18)21-13-20(23)22-12-11-16-7-3-4-8-17(16)14-22/h3-10,15,21H,11-14H2,1-2H3. The zero-order chi connectivity index (χ0) is 16.2. The number of rotatable bonds is 4. The van der Waals surface area contributed by atoms with E-state index in [9.17, 15) is 4.79 Å².